The molecule has 0 heterocycles. The first kappa shape index (κ1) is 20.4. The van der Waals surface area contributed by atoms with Gasteiger partial charge in [-0.3, -0.25) is 0 Å². The first-order chi connectivity index (χ1) is 12.7. The molecule has 0 fully saturated rings. The summed E-state index contributed by atoms with van der Waals surface area (Å²) in [5, 5.41) is 0. The third-order valence-electron chi connectivity index (χ3n) is 4.09. The second-order valence-corrected chi connectivity index (χ2v) is 5.91. The lowest BCUT2D eigenvalue weighted by Crippen LogP contribution is -2.40. The average molecular weight is 357 g/mol. The maximum Gasteiger partial charge on any atom is 0.282 e. The minimum absolute atomic E-state index is 0.557. The van der Waals surface area contributed by atoms with Crippen LogP contribution in [0.3, 0.4) is 0 Å². The Morgan fingerprint density at radius 3 is 1.50 bits per heavy atom. The zero-order valence-corrected chi connectivity index (χ0v) is 16.2. The average Bonchev–Trinajstić information content (AvgIpc) is 2.67. The van der Waals surface area contributed by atoms with Crippen LogP contribution >= 0.6 is 0 Å². The molecule has 26 heavy (non-hydrogen) atoms. The van der Waals surface area contributed by atoms with Crippen LogP contribution in [0.25, 0.3) is 0 Å². The molecular formula is C22H31NO3. The number of hydrogen-bond acceptors (Lipinski definition) is 4. The van der Waals surface area contributed by atoms with Gasteiger partial charge in [-0.1, -0.05) is 36.4 Å². The smallest absolute Gasteiger partial charge is 0.282 e. The molecule has 0 atom stereocenters. The van der Waals surface area contributed by atoms with Crippen molar-refractivity contribution in [1.82, 2.24) is 0 Å². The maximum absolute atomic E-state index is 5.84. The largest absolute Gasteiger partial charge is 0.341 e. The summed E-state index contributed by atoms with van der Waals surface area (Å²) in [6.45, 7) is 8.42. The molecule has 0 aliphatic carbocycles. The highest BCUT2D eigenvalue weighted by Gasteiger charge is 2.32. The van der Waals surface area contributed by atoms with Crippen LogP contribution in [0.5, 0.6) is 0 Å². The molecule has 0 aliphatic rings. The second kappa shape index (κ2) is 11.0. The molecule has 0 radical (unpaired) electrons. The van der Waals surface area contributed by atoms with Crippen LogP contribution in [0.15, 0.2) is 60.7 Å². The molecule has 0 saturated carbocycles. The molecule has 0 unspecified atom stereocenters. The first-order valence-electron chi connectivity index (χ1n) is 9.54. The summed E-state index contributed by atoms with van der Waals surface area (Å²) >= 11 is 0. The molecule has 0 bridgehead atoms. The number of nitrogens with zero attached hydrogens (tertiary/aromatic N) is 1. The number of rotatable bonds is 12. The Labute approximate surface area is 157 Å². The van der Waals surface area contributed by atoms with Crippen molar-refractivity contribution in [1.29, 1.82) is 0 Å². The minimum atomic E-state index is -0.947. The fourth-order valence-corrected chi connectivity index (χ4v) is 3.08. The Balaban J connectivity index is 2.11. The number of anilines is 2. The molecule has 2 aromatic carbocycles. The molecule has 4 nitrogen and oxygen atoms in total. The summed E-state index contributed by atoms with van der Waals surface area (Å²) in [5.74, 6) is -0.947. The van der Waals surface area contributed by atoms with E-state index in [0.717, 1.165) is 13.0 Å². The molecule has 142 valence electrons. The Morgan fingerprint density at radius 1 is 0.692 bits per heavy atom. The maximum atomic E-state index is 5.84. The number of benzene rings is 2. The Bertz CT molecular complexity index is 547. The highest BCUT2D eigenvalue weighted by molar-refractivity contribution is 5.62. The molecular weight excluding hydrogens is 326 g/mol. The minimum Gasteiger partial charge on any atom is -0.341 e. The monoisotopic (exact) mass is 357 g/mol. The predicted octanol–water partition coefficient (Wildman–Crippen LogP) is 5.37. The quantitative estimate of drug-likeness (QED) is 0.478. The number of para-hydroxylation sites is 2. The lowest BCUT2D eigenvalue weighted by atomic mass is 10.2. The highest BCUT2D eigenvalue weighted by Crippen LogP contribution is 2.28. The normalized spacial score (nSPS) is 11.5. The van der Waals surface area contributed by atoms with Crippen LogP contribution < -0.4 is 4.90 Å². The van der Waals surface area contributed by atoms with E-state index in [-0.39, 0.29) is 0 Å². The fraction of sp³-hybridized carbons (Fsp3) is 0.455. The third kappa shape index (κ3) is 5.84. The van der Waals surface area contributed by atoms with Gasteiger partial charge >= 0.3 is 0 Å². The Hall–Kier alpha value is -1.88. The van der Waals surface area contributed by atoms with Gasteiger partial charge in [0.2, 0.25) is 0 Å². The Kier molecular flexibility index (Phi) is 8.62. The van der Waals surface area contributed by atoms with Crippen LogP contribution in [0, 0.1) is 0 Å². The van der Waals surface area contributed by atoms with Crippen molar-refractivity contribution in [2.45, 2.75) is 39.6 Å². The van der Waals surface area contributed by atoms with E-state index < -0.39 is 5.97 Å². The molecule has 0 aromatic heterocycles. The number of ether oxygens (including phenoxy) is 3. The van der Waals surface area contributed by atoms with Gasteiger partial charge in [-0.2, -0.15) is 0 Å². The van der Waals surface area contributed by atoms with E-state index in [9.17, 15) is 0 Å². The van der Waals surface area contributed by atoms with E-state index in [1.807, 2.05) is 32.9 Å². The van der Waals surface area contributed by atoms with Crippen molar-refractivity contribution in [3.63, 3.8) is 0 Å². The molecule has 0 spiro atoms. The summed E-state index contributed by atoms with van der Waals surface area (Å²) in [4.78, 5) is 2.31. The summed E-state index contributed by atoms with van der Waals surface area (Å²) in [6, 6.07) is 20.9. The number of hydrogen-bond donors (Lipinski definition) is 0. The molecule has 2 rings (SSSR count). The van der Waals surface area contributed by atoms with Gasteiger partial charge in [0.15, 0.2) is 0 Å². The van der Waals surface area contributed by atoms with Gasteiger partial charge < -0.3 is 19.1 Å². The van der Waals surface area contributed by atoms with Gasteiger partial charge in [-0.05, 0) is 51.5 Å². The lowest BCUT2D eigenvalue weighted by molar-refractivity contribution is -0.379. The zero-order valence-electron chi connectivity index (χ0n) is 16.2. The van der Waals surface area contributed by atoms with Gasteiger partial charge in [-0.15, -0.1) is 0 Å². The van der Waals surface area contributed by atoms with E-state index in [0.29, 0.717) is 26.2 Å². The van der Waals surface area contributed by atoms with Crippen molar-refractivity contribution in [3.8, 4) is 0 Å². The van der Waals surface area contributed by atoms with Crippen molar-refractivity contribution in [2.75, 3.05) is 31.3 Å². The van der Waals surface area contributed by atoms with Crippen molar-refractivity contribution in [3.05, 3.63) is 60.7 Å². The molecule has 0 N–H and O–H groups in total. The van der Waals surface area contributed by atoms with E-state index in [1.54, 1.807) is 0 Å². The molecule has 0 saturated heterocycles. The standard InChI is InChI=1S/C22H31NO3/c1-4-24-22(25-5-2,26-6-3)18-13-19-23(20-14-9-7-10-15-20)21-16-11-8-12-17-21/h7-12,14-17H,4-6,13,18-19H2,1-3H3. The van der Waals surface area contributed by atoms with Gasteiger partial charge in [0.25, 0.3) is 5.97 Å². The van der Waals surface area contributed by atoms with Crippen LogP contribution in [0.4, 0.5) is 11.4 Å². The predicted molar refractivity (Wildman–Crippen MR) is 107 cm³/mol. The van der Waals surface area contributed by atoms with Crippen molar-refractivity contribution < 1.29 is 14.2 Å². The van der Waals surface area contributed by atoms with Crippen LogP contribution in [0.1, 0.15) is 33.6 Å². The summed E-state index contributed by atoms with van der Waals surface area (Å²) in [5.41, 5.74) is 2.35. The van der Waals surface area contributed by atoms with Crippen molar-refractivity contribution >= 4 is 11.4 Å². The summed E-state index contributed by atoms with van der Waals surface area (Å²) in [7, 11) is 0. The first-order valence-corrected chi connectivity index (χ1v) is 9.54. The van der Waals surface area contributed by atoms with E-state index in [4.69, 9.17) is 14.2 Å². The SMILES string of the molecule is CCOC(CCCN(c1ccccc1)c1ccccc1)(OCC)OCC. The molecule has 2 aromatic rings. The van der Waals surface area contributed by atoms with Gasteiger partial charge in [0.05, 0.1) is 0 Å². The molecule has 0 amide bonds. The van der Waals surface area contributed by atoms with Crippen LogP contribution in [-0.4, -0.2) is 32.3 Å². The lowest BCUT2D eigenvalue weighted by Gasteiger charge is -2.33. The molecule has 0 aliphatic heterocycles. The van der Waals surface area contributed by atoms with Gasteiger partial charge in [0, 0.05) is 44.2 Å². The van der Waals surface area contributed by atoms with Crippen LogP contribution in [-0.2, 0) is 14.2 Å². The van der Waals surface area contributed by atoms with Crippen molar-refractivity contribution in [2.24, 2.45) is 0 Å². The van der Waals surface area contributed by atoms with E-state index >= 15 is 0 Å². The fourth-order valence-electron chi connectivity index (χ4n) is 3.08. The van der Waals surface area contributed by atoms with Gasteiger partial charge in [-0.25, -0.2) is 0 Å². The summed E-state index contributed by atoms with van der Waals surface area (Å²) in [6.07, 6.45) is 1.56. The van der Waals surface area contributed by atoms with Gasteiger partial charge in [0.1, 0.15) is 0 Å². The van der Waals surface area contributed by atoms with E-state index in [2.05, 4.69) is 53.4 Å². The summed E-state index contributed by atoms with van der Waals surface area (Å²) < 4.78 is 17.5. The van der Waals surface area contributed by atoms with Crippen LogP contribution in [0.2, 0.25) is 0 Å². The third-order valence-corrected chi connectivity index (χ3v) is 4.09. The molecule has 4 heteroatoms. The topological polar surface area (TPSA) is 30.9 Å². The Morgan fingerprint density at radius 2 is 1.12 bits per heavy atom. The second-order valence-electron chi connectivity index (χ2n) is 5.91. The van der Waals surface area contributed by atoms with E-state index in [1.165, 1.54) is 11.4 Å². The zero-order chi connectivity index (χ0) is 18.7. The highest BCUT2D eigenvalue weighted by atomic mass is 16.9.